The van der Waals surface area contributed by atoms with Crippen LogP contribution in [-0.2, 0) is 0 Å². The van der Waals surface area contributed by atoms with Crippen molar-refractivity contribution in [2.24, 2.45) is 10.9 Å². The van der Waals surface area contributed by atoms with Gasteiger partial charge in [-0.05, 0) is 19.8 Å². The fourth-order valence-corrected chi connectivity index (χ4v) is 0.948. The topological polar surface area (TPSA) is 12.4 Å². The number of rotatable bonds is 5. The van der Waals surface area contributed by atoms with Gasteiger partial charge < -0.3 is 0 Å². The van der Waals surface area contributed by atoms with E-state index in [2.05, 4.69) is 11.6 Å². The van der Waals surface area contributed by atoms with Gasteiger partial charge in [-0.1, -0.05) is 26.0 Å². The predicted octanol–water partition coefficient (Wildman–Crippen LogP) is 3.70. The second-order valence-corrected chi connectivity index (χ2v) is 4.00. The van der Waals surface area contributed by atoms with E-state index in [1.165, 1.54) is 0 Å². The summed E-state index contributed by atoms with van der Waals surface area (Å²) in [5.74, 6) is 0.228. The zero-order valence-electron chi connectivity index (χ0n) is 9.35. The van der Waals surface area contributed by atoms with E-state index in [1.54, 1.807) is 13.8 Å². The van der Waals surface area contributed by atoms with Crippen LogP contribution in [-0.4, -0.2) is 18.2 Å². The van der Waals surface area contributed by atoms with Gasteiger partial charge in [0.15, 0.2) is 0 Å². The Morgan fingerprint density at radius 1 is 1.21 bits per heavy atom. The molecule has 82 valence electrons. The maximum Gasteiger partial charge on any atom is 0.276 e. The first-order chi connectivity index (χ1) is 6.34. The van der Waals surface area contributed by atoms with Crippen LogP contribution in [0.2, 0.25) is 0 Å². The molecule has 0 unspecified atom stereocenters. The Balaban J connectivity index is 4.47. The third-order valence-electron chi connectivity index (χ3n) is 1.90. The maximum atomic E-state index is 12.5. The van der Waals surface area contributed by atoms with Gasteiger partial charge >= 0.3 is 0 Å². The number of hydrogen-bond acceptors (Lipinski definition) is 1. The molecular weight excluding hydrogens is 184 g/mol. The molecule has 3 heteroatoms. The lowest BCUT2D eigenvalue weighted by Gasteiger charge is -2.12. The van der Waals surface area contributed by atoms with Gasteiger partial charge in [0, 0.05) is 12.5 Å². The number of aliphatic imine (C=N–C) groups is 1. The van der Waals surface area contributed by atoms with Crippen molar-refractivity contribution in [3.05, 3.63) is 12.2 Å². The summed E-state index contributed by atoms with van der Waals surface area (Å²) in [6.45, 7) is 11.2. The minimum Gasteiger partial charge on any atom is -0.285 e. The minimum absolute atomic E-state index is 0.0429. The Hall–Kier alpha value is -0.730. The summed E-state index contributed by atoms with van der Waals surface area (Å²) in [7, 11) is 0. The average Bonchev–Trinajstić information content (AvgIpc) is 2.01. The van der Waals surface area contributed by atoms with Crippen LogP contribution in [0.5, 0.6) is 0 Å². The quantitative estimate of drug-likeness (QED) is 0.477. The molecule has 0 rings (SSSR count). The standard InChI is InChI=1S/C11H19F2N/c1-7(2)9(5)6-10(11(12)13)14-8(3)4/h7-8,11H,5-6H2,1-4H3. The summed E-state index contributed by atoms with van der Waals surface area (Å²) in [4.78, 5) is 3.90. The summed E-state index contributed by atoms with van der Waals surface area (Å²) < 4.78 is 25.0. The molecule has 0 aromatic carbocycles. The third kappa shape index (κ3) is 5.10. The normalized spacial score (nSPS) is 13.1. The molecule has 0 atom stereocenters. The van der Waals surface area contributed by atoms with Crippen molar-refractivity contribution in [1.29, 1.82) is 0 Å². The first kappa shape index (κ1) is 13.3. The van der Waals surface area contributed by atoms with Crippen LogP contribution in [0.4, 0.5) is 8.78 Å². The van der Waals surface area contributed by atoms with Crippen LogP contribution in [0.25, 0.3) is 0 Å². The monoisotopic (exact) mass is 203 g/mol. The zero-order valence-corrected chi connectivity index (χ0v) is 9.35. The Labute approximate surface area is 84.9 Å². The van der Waals surface area contributed by atoms with E-state index in [4.69, 9.17) is 0 Å². The van der Waals surface area contributed by atoms with Crippen molar-refractivity contribution in [1.82, 2.24) is 0 Å². The van der Waals surface area contributed by atoms with Crippen LogP contribution in [0.3, 0.4) is 0 Å². The molecule has 0 aliphatic rings. The molecule has 0 heterocycles. The first-order valence-electron chi connectivity index (χ1n) is 4.87. The Morgan fingerprint density at radius 3 is 2.00 bits per heavy atom. The first-order valence-corrected chi connectivity index (χ1v) is 4.87. The van der Waals surface area contributed by atoms with Gasteiger partial charge in [0.1, 0.15) is 0 Å². The highest BCUT2D eigenvalue weighted by atomic mass is 19.3. The van der Waals surface area contributed by atoms with Crippen molar-refractivity contribution in [2.45, 2.75) is 46.6 Å². The maximum absolute atomic E-state index is 12.5. The molecule has 0 bridgehead atoms. The van der Waals surface area contributed by atoms with Gasteiger partial charge in [0.2, 0.25) is 0 Å². The fourth-order valence-electron chi connectivity index (χ4n) is 0.948. The van der Waals surface area contributed by atoms with E-state index in [-0.39, 0.29) is 24.1 Å². The Bertz CT molecular complexity index is 217. The number of allylic oxidation sites excluding steroid dienone is 1. The van der Waals surface area contributed by atoms with Crippen LogP contribution >= 0.6 is 0 Å². The molecule has 0 amide bonds. The molecule has 14 heavy (non-hydrogen) atoms. The van der Waals surface area contributed by atoms with Crippen molar-refractivity contribution in [3.63, 3.8) is 0 Å². The SMILES string of the molecule is C=C(CC(=NC(C)C)C(F)F)C(C)C. The van der Waals surface area contributed by atoms with E-state index in [9.17, 15) is 8.78 Å². The molecule has 0 saturated carbocycles. The molecule has 0 fully saturated rings. The second kappa shape index (κ2) is 5.89. The highest BCUT2D eigenvalue weighted by molar-refractivity contribution is 5.89. The highest BCUT2D eigenvalue weighted by Crippen LogP contribution is 2.15. The summed E-state index contributed by atoms with van der Waals surface area (Å²) in [6.07, 6.45) is -2.25. The molecule has 0 aliphatic heterocycles. The van der Waals surface area contributed by atoms with E-state index in [0.29, 0.717) is 0 Å². The number of halogens is 2. The lowest BCUT2D eigenvalue weighted by atomic mass is 9.99. The average molecular weight is 203 g/mol. The van der Waals surface area contributed by atoms with E-state index < -0.39 is 6.43 Å². The molecule has 1 nitrogen and oxygen atoms in total. The van der Waals surface area contributed by atoms with Gasteiger partial charge in [-0.2, -0.15) is 0 Å². The van der Waals surface area contributed by atoms with Gasteiger partial charge in [0.25, 0.3) is 6.43 Å². The molecule has 0 aromatic rings. The molecule has 0 radical (unpaired) electrons. The van der Waals surface area contributed by atoms with Crippen LogP contribution in [0, 0.1) is 5.92 Å². The number of nitrogens with zero attached hydrogens (tertiary/aromatic N) is 1. The van der Waals surface area contributed by atoms with Crippen molar-refractivity contribution in [3.8, 4) is 0 Å². The van der Waals surface area contributed by atoms with Gasteiger partial charge in [-0.25, -0.2) is 8.78 Å². The lowest BCUT2D eigenvalue weighted by molar-refractivity contribution is 0.222. The van der Waals surface area contributed by atoms with Gasteiger partial charge in [-0.15, -0.1) is 0 Å². The number of alkyl halides is 2. The summed E-state index contributed by atoms with van der Waals surface area (Å²) in [6, 6.07) is -0.0843. The molecule has 0 saturated heterocycles. The zero-order chi connectivity index (χ0) is 11.3. The Morgan fingerprint density at radius 2 is 1.71 bits per heavy atom. The Kier molecular flexibility index (Phi) is 5.58. The summed E-state index contributed by atoms with van der Waals surface area (Å²) in [5.41, 5.74) is 0.767. The van der Waals surface area contributed by atoms with E-state index >= 15 is 0 Å². The summed E-state index contributed by atoms with van der Waals surface area (Å²) >= 11 is 0. The lowest BCUT2D eigenvalue weighted by Crippen LogP contribution is -2.15. The molecular formula is C11H19F2N. The van der Waals surface area contributed by atoms with Gasteiger partial charge in [0.05, 0.1) is 5.71 Å². The minimum atomic E-state index is -2.46. The summed E-state index contributed by atoms with van der Waals surface area (Å²) in [5, 5.41) is 0. The predicted molar refractivity (Wildman–Crippen MR) is 57.2 cm³/mol. The van der Waals surface area contributed by atoms with E-state index in [1.807, 2.05) is 13.8 Å². The molecule has 0 spiro atoms. The fraction of sp³-hybridized carbons (Fsp3) is 0.727. The van der Waals surface area contributed by atoms with Crippen LogP contribution < -0.4 is 0 Å². The smallest absolute Gasteiger partial charge is 0.276 e. The molecule has 0 aliphatic carbocycles. The van der Waals surface area contributed by atoms with Crippen molar-refractivity contribution < 1.29 is 8.78 Å². The molecule has 0 aromatic heterocycles. The van der Waals surface area contributed by atoms with Gasteiger partial charge in [-0.3, -0.25) is 4.99 Å². The number of hydrogen-bond donors (Lipinski definition) is 0. The second-order valence-electron chi connectivity index (χ2n) is 4.00. The molecule has 0 N–H and O–H groups in total. The van der Waals surface area contributed by atoms with E-state index in [0.717, 1.165) is 5.57 Å². The highest BCUT2D eigenvalue weighted by Gasteiger charge is 2.15. The third-order valence-corrected chi connectivity index (χ3v) is 1.90. The largest absolute Gasteiger partial charge is 0.285 e. The van der Waals surface area contributed by atoms with Crippen LogP contribution in [0.15, 0.2) is 17.1 Å². The van der Waals surface area contributed by atoms with Crippen LogP contribution in [0.1, 0.15) is 34.1 Å². The van der Waals surface area contributed by atoms with Crippen molar-refractivity contribution >= 4 is 5.71 Å². The van der Waals surface area contributed by atoms with Crippen molar-refractivity contribution in [2.75, 3.05) is 0 Å².